The number of rotatable bonds is 5. The second-order valence-corrected chi connectivity index (χ2v) is 6.42. The first kappa shape index (κ1) is 15.4. The van der Waals surface area contributed by atoms with Crippen molar-refractivity contribution in [3.8, 4) is 0 Å². The van der Waals surface area contributed by atoms with E-state index in [0.717, 1.165) is 32.5 Å². The molecule has 18 heavy (non-hydrogen) atoms. The van der Waals surface area contributed by atoms with Gasteiger partial charge in [0, 0.05) is 13.1 Å². The van der Waals surface area contributed by atoms with Crippen molar-refractivity contribution in [3.05, 3.63) is 0 Å². The van der Waals surface area contributed by atoms with Crippen LogP contribution in [0.25, 0.3) is 0 Å². The molecule has 0 saturated carbocycles. The lowest BCUT2D eigenvalue weighted by Gasteiger charge is -2.38. The summed E-state index contributed by atoms with van der Waals surface area (Å²) in [6.07, 6.45) is 2.30. The number of likely N-dealkylation sites (tertiary alicyclic amines) is 1. The van der Waals surface area contributed by atoms with Crippen molar-refractivity contribution < 1.29 is 4.79 Å². The molecule has 1 atom stereocenters. The Balaban J connectivity index is 2.42. The molecule has 4 heteroatoms. The highest BCUT2D eigenvalue weighted by atomic mass is 16.1. The van der Waals surface area contributed by atoms with Crippen molar-refractivity contribution in [2.75, 3.05) is 33.2 Å². The lowest BCUT2D eigenvalue weighted by atomic mass is 9.80. The van der Waals surface area contributed by atoms with E-state index in [0.29, 0.717) is 12.5 Å². The van der Waals surface area contributed by atoms with Crippen LogP contribution in [0.3, 0.4) is 0 Å². The van der Waals surface area contributed by atoms with Crippen molar-refractivity contribution in [1.82, 2.24) is 10.2 Å². The van der Waals surface area contributed by atoms with Crippen LogP contribution < -0.4 is 11.1 Å². The average Bonchev–Trinajstić information content (AvgIpc) is 2.31. The van der Waals surface area contributed by atoms with E-state index in [2.05, 4.69) is 24.2 Å². The number of nitrogens with two attached hydrogens (primary N) is 1. The highest BCUT2D eigenvalue weighted by Crippen LogP contribution is 2.29. The predicted molar refractivity (Wildman–Crippen MR) is 75.2 cm³/mol. The van der Waals surface area contributed by atoms with E-state index in [4.69, 9.17) is 5.73 Å². The van der Waals surface area contributed by atoms with Crippen LogP contribution in [0.2, 0.25) is 0 Å². The lowest BCUT2D eigenvalue weighted by Crippen LogP contribution is -2.46. The molecule has 4 nitrogen and oxygen atoms in total. The molecule has 0 bridgehead atoms. The fraction of sp³-hybridized carbons (Fsp3) is 0.929. The van der Waals surface area contributed by atoms with Gasteiger partial charge in [0.05, 0.1) is 5.92 Å². The molecule has 0 aliphatic carbocycles. The van der Waals surface area contributed by atoms with Gasteiger partial charge in [0.25, 0.3) is 0 Å². The number of carbonyl (C=O) groups excluding carboxylic acids is 1. The van der Waals surface area contributed by atoms with Gasteiger partial charge >= 0.3 is 0 Å². The SMILES string of the molecule is CC(C)C(CN)C(=O)NCC1(C)CCN(C)CC1. The molecule has 0 aromatic carbocycles. The third kappa shape index (κ3) is 4.25. The monoisotopic (exact) mass is 255 g/mol. The molecule has 1 rings (SSSR count). The molecule has 1 amide bonds. The zero-order valence-corrected chi connectivity index (χ0v) is 12.3. The Bertz CT molecular complexity index is 270. The third-order valence-electron chi connectivity index (χ3n) is 4.28. The normalized spacial score (nSPS) is 21.9. The maximum Gasteiger partial charge on any atom is 0.224 e. The summed E-state index contributed by atoms with van der Waals surface area (Å²) in [6.45, 7) is 9.83. The first-order valence-electron chi connectivity index (χ1n) is 7.04. The molecule has 0 radical (unpaired) electrons. The van der Waals surface area contributed by atoms with Gasteiger partial charge in [0.1, 0.15) is 0 Å². The summed E-state index contributed by atoms with van der Waals surface area (Å²) in [5.74, 6) is 0.368. The Morgan fingerprint density at radius 1 is 1.39 bits per heavy atom. The van der Waals surface area contributed by atoms with E-state index in [1.807, 2.05) is 13.8 Å². The molecule has 1 aliphatic rings. The Kier molecular flexibility index (Phi) is 5.60. The van der Waals surface area contributed by atoms with Gasteiger partial charge in [-0.1, -0.05) is 20.8 Å². The fourth-order valence-corrected chi connectivity index (χ4v) is 2.45. The minimum absolute atomic E-state index is 0.0557. The minimum Gasteiger partial charge on any atom is -0.355 e. The highest BCUT2D eigenvalue weighted by molar-refractivity contribution is 5.79. The summed E-state index contributed by atoms with van der Waals surface area (Å²) < 4.78 is 0. The Morgan fingerprint density at radius 3 is 2.39 bits per heavy atom. The van der Waals surface area contributed by atoms with Crippen LogP contribution in [0.15, 0.2) is 0 Å². The fourth-order valence-electron chi connectivity index (χ4n) is 2.45. The molecule has 1 unspecified atom stereocenters. The molecule has 106 valence electrons. The van der Waals surface area contributed by atoms with E-state index in [1.54, 1.807) is 0 Å². The van der Waals surface area contributed by atoms with Gasteiger partial charge in [-0.05, 0) is 44.3 Å². The van der Waals surface area contributed by atoms with Crippen molar-refractivity contribution in [3.63, 3.8) is 0 Å². The maximum atomic E-state index is 12.1. The average molecular weight is 255 g/mol. The summed E-state index contributed by atoms with van der Waals surface area (Å²) >= 11 is 0. The summed E-state index contributed by atoms with van der Waals surface area (Å²) in [4.78, 5) is 14.4. The molecule has 1 aliphatic heterocycles. The Labute approximate surface area is 111 Å². The van der Waals surface area contributed by atoms with Gasteiger partial charge in [-0.25, -0.2) is 0 Å². The van der Waals surface area contributed by atoms with E-state index in [1.165, 1.54) is 0 Å². The molecule has 0 aromatic heterocycles. The van der Waals surface area contributed by atoms with Gasteiger partial charge in [-0.2, -0.15) is 0 Å². The number of hydrogen-bond donors (Lipinski definition) is 2. The van der Waals surface area contributed by atoms with Gasteiger partial charge in [-0.15, -0.1) is 0 Å². The van der Waals surface area contributed by atoms with Crippen molar-refractivity contribution in [2.24, 2.45) is 23.0 Å². The molecular weight excluding hydrogens is 226 g/mol. The topological polar surface area (TPSA) is 58.4 Å². The maximum absolute atomic E-state index is 12.1. The number of nitrogens with one attached hydrogen (secondary N) is 1. The number of piperidine rings is 1. The smallest absolute Gasteiger partial charge is 0.224 e. The standard InChI is InChI=1S/C14H29N3O/c1-11(2)12(9-15)13(18)16-10-14(3)5-7-17(4)8-6-14/h11-12H,5-10,15H2,1-4H3,(H,16,18). The zero-order chi connectivity index (χ0) is 13.8. The van der Waals surface area contributed by atoms with Crippen molar-refractivity contribution in [2.45, 2.75) is 33.6 Å². The van der Waals surface area contributed by atoms with Crippen LogP contribution in [-0.2, 0) is 4.79 Å². The number of nitrogens with zero attached hydrogens (tertiary/aromatic N) is 1. The second kappa shape index (κ2) is 6.53. The first-order chi connectivity index (χ1) is 8.38. The van der Waals surface area contributed by atoms with Crippen LogP contribution in [0.1, 0.15) is 33.6 Å². The van der Waals surface area contributed by atoms with E-state index >= 15 is 0 Å². The second-order valence-electron chi connectivity index (χ2n) is 6.42. The number of amides is 1. The highest BCUT2D eigenvalue weighted by Gasteiger charge is 2.30. The lowest BCUT2D eigenvalue weighted by molar-refractivity contribution is -0.126. The summed E-state index contributed by atoms with van der Waals surface area (Å²) in [5, 5.41) is 3.10. The van der Waals surface area contributed by atoms with Crippen LogP contribution in [-0.4, -0.2) is 44.0 Å². The summed E-state index contributed by atoms with van der Waals surface area (Å²) in [7, 11) is 2.15. The Hall–Kier alpha value is -0.610. The largest absolute Gasteiger partial charge is 0.355 e. The molecule has 0 spiro atoms. The zero-order valence-electron chi connectivity index (χ0n) is 12.3. The van der Waals surface area contributed by atoms with E-state index < -0.39 is 0 Å². The van der Waals surface area contributed by atoms with E-state index in [9.17, 15) is 4.79 Å². The first-order valence-corrected chi connectivity index (χ1v) is 7.04. The summed E-state index contributed by atoms with van der Waals surface area (Å²) in [6, 6.07) is 0. The van der Waals surface area contributed by atoms with Crippen LogP contribution in [0, 0.1) is 17.3 Å². The third-order valence-corrected chi connectivity index (χ3v) is 4.28. The number of carbonyl (C=O) groups is 1. The molecule has 1 saturated heterocycles. The van der Waals surface area contributed by atoms with E-state index in [-0.39, 0.29) is 17.2 Å². The van der Waals surface area contributed by atoms with Crippen molar-refractivity contribution >= 4 is 5.91 Å². The van der Waals surface area contributed by atoms with Gasteiger partial charge in [0.2, 0.25) is 5.91 Å². The quantitative estimate of drug-likeness (QED) is 0.772. The number of hydrogen-bond acceptors (Lipinski definition) is 3. The Morgan fingerprint density at radius 2 is 1.94 bits per heavy atom. The van der Waals surface area contributed by atoms with Crippen molar-refractivity contribution in [1.29, 1.82) is 0 Å². The van der Waals surface area contributed by atoms with Gasteiger partial charge < -0.3 is 16.0 Å². The molecule has 0 aromatic rings. The molecule has 1 heterocycles. The molecule has 3 N–H and O–H groups in total. The summed E-state index contributed by atoms with van der Waals surface area (Å²) in [5.41, 5.74) is 5.92. The molecule has 1 fully saturated rings. The van der Waals surface area contributed by atoms with Gasteiger partial charge in [-0.3, -0.25) is 4.79 Å². The van der Waals surface area contributed by atoms with Crippen LogP contribution >= 0.6 is 0 Å². The minimum atomic E-state index is -0.0557. The predicted octanol–water partition coefficient (Wildman–Crippen LogP) is 1.07. The van der Waals surface area contributed by atoms with Gasteiger partial charge in [0.15, 0.2) is 0 Å². The molecular formula is C14H29N3O. The van der Waals surface area contributed by atoms with Crippen LogP contribution in [0.5, 0.6) is 0 Å². The van der Waals surface area contributed by atoms with Crippen LogP contribution in [0.4, 0.5) is 0 Å².